The van der Waals surface area contributed by atoms with Crippen molar-refractivity contribution in [3.05, 3.63) is 23.3 Å². The standard InChI is InChI=1S/C18H28N2O3/c1-12(2)11-22-16-9-14-10-20(17(21)23-18(3,4)5)7-6-13(14)8-15(16)19/h8-9,12H,6-7,10-11,19H2,1-5H3. The average Bonchev–Trinajstić information content (AvgIpc) is 2.42. The Morgan fingerprint density at radius 3 is 2.61 bits per heavy atom. The van der Waals surface area contributed by atoms with Crippen LogP contribution in [0.2, 0.25) is 0 Å². The Bertz CT molecular complexity index is 576. The van der Waals surface area contributed by atoms with E-state index in [4.69, 9.17) is 15.2 Å². The Morgan fingerprint density at radius 1 is 1.30 bits per heavy atom. The number of hydrogen-bond acceptors (Lipinski definition) is 4. The first-order chi connectivity index (χ1) is 10.7. The van der Waals surface area contributed by atoms with Gasteiger partial charge >= 0.3 is 6.09 Å². The molecular formula is C18H28N2O3. The molecule has 0 saturated heterocycles. The number of carbonyl (C=O) groups is 1. The quantitative estimate of drug-likeness (QED) is 0.864. The van der Waals surface area contributed by atoms with Gasteiger partial charge in [-0.2, -0.15) is 0 Å². The molecule has 128 valence electrons. The first-order valence-corrected chi connectivity index (χ1v) is 8.17. The third kappa shape index (κ3) is 4.78. The Labute approximate surface area is 138 Å². The summed E-state index contributed by atoms with van der Waals surface area (Å²) in [7, 11) is 0. The number of ether oxygens (including phenoxy) is 2. The molecule has 1 aromatic rings. The lowest BCUT2D eigenvalue weighted by molar-refractivity contribution is 0.0224. The lowest BCUT2D eigenvalue weighted by atomic mass is 9.98. The minimum absolute atomic E-state index is 0.273. The molecule has 0 aromatic heterocycles. The number of benzene rings is 1. The fraction of sp³-hybridized carbons (Fsp3) is 0.611. The molecule has 0 radical (unpaired) electrons. The van der Waals surface area contributed by atoms with Gasteiger partial charge in [0.1, 0.15) is 11.4 Å². The number of anilines is 1. The molecule has 0 bridgehead atoms. The van der Waals surface area contributed by atoms with Crippen LogP contribution < -0.4 is 10.5 Å². The summed E-state index contributed by atoms with van der Waals surface area (Å²) in [6.45, 7) is 11.6. The number of hydrogen-bond donors (Lipinski definition) is 1. The third-order valence-corrected chi connectivity index (χ3v) is 3.57. The molecule has 1 amide bonds. The maximum Gasteiger partial charge on any atom is 0.410 e. The highest BCUT2D eigenvalue weighted by Gasteiger charge is 2.26. The van der Waals surface area contributed by atoms with Gasteiger partial charge in [-0.15, -0.1) is 0 Å². The summed E-state index contributed by atoms with van der Waals surface area (Å²) < 4.78 is 11.2. The van der Waals surface area contributed by atoms with E-state index in [1.165, 1.54) is 5.56 Å². The van der Waals surface area contributed by atoms with E-state index in [1.54, 1.807) is 4.90 Å². The number of nitrogen functional groups attached to an aromatic ring is 1. The van der Waals surface area contributed by atoms with Gasteiger partial charge in [0.25, 0.3) is 0 Å². The van der Waals surface area contributed by atoms with Gasteiger partial charge in [-0.1, -0.05) is 13.8 Å². The van der Waals surface area contributed by atoms with E-state index in [2.05, 4.69) is 13.8 Å². The summed E-state index contributed by atoms with van der Waals surface area (Å²) in [4.78, 5) is 14.0. The normalized spacial score (nSPS) is 14.6. The van der Waals surface area contributed by atoms with E-state index in [0.717, 1.165) is 12.0 Å². The molecule has 1 aliphatic rings. The minimum atomic E-state index is -0.482. The van der Waals surface area contributed by atoms with Crippen molar-refractivity contribution in [1.82, 2.24) is 4.90 Å². The molecule has 1 aliphatic heterocycles. The van der Waals surface area contributed by atoms with Gasteiger partial charge in [0, 0.05) is 13.1 Å². The highest BCUT2D eigenvalue weighted by atomic mass is 16.6. The first-order valence-electron chi connectivity index (χ1n) is 8.17. The number of carbonyl (C=O) groups excluding carboxylic acids is 1. The van der Waals surface area contributed by atoms with Crippen LogP contribution in [0.3, 0.4) is 0 Å². The minimum Gasteiger partial charge on any atom is -0.491 e. The monoisotopic (exact) mass is 320 g/mol. The van der Waals surface area contributed by atoms with Gasteiger partial charge in [0.2, 0.25) is 0 Å². The van der Waals surface area contributed by atoms with E-state index in [0.29, 0.717) is 37.1 Å². The molecule has 0 fully saturated rings. The summed E-state index contributed by atoms with van der Waals surface area (Å²) in [5, 5.41) is 0. The van der Waals surface area contributed by atoms with E-state index in [-0.39, 0.29) is 6.09 Å². The van der Waals surface area contributed by atoms with Crippen molar-refractivity contribution in [3.8, 4) is 5.75 Å². The molecular weight excluding hydrogens is 292 g/mol. The number of fused-ring (bicyclic) bond motifs is 1. The van der Waals surface area contributed by atoms with Crippen LogP contribution in [-0.2, 0) is 17.7 Å². The summed E-state index contributed by atoms with van der Waals surface area (Å²) in [5.74, 6) is 1.13. The Kier molecular flexibility index (Phi) is 5.07. The van der Waals surface area contributed by atoms with Gasteiger partial charge in [0.15, 0.2) is 0 Å². The molecule has 0 spiro atoms. The summed E-state index contributed by atoms with van der Waals surface area (Å²) in [5.41, 5.74) is 8.52. The third-order valence-electron chi connectivity index (χ3n) is 3.57. The fourth-order valence-corrected chi connectivity index (χ4v) is 2.47. The number of nitrogens with zero attached hydrogens (tertiary/aromatic N) is 1. The van der Waals surface area contributed by atoms with Crippen molar-refractivity contribution in [3.63, 3.8) is 0 Å². The molecule has 2 N–H and O–H groups in total. The predicted molar refractivity (Wildman–Crippen MR) is 91.5 cm³/mol. The van der Waals surface area contributed by atoms with E-state index in [1.807, 2.05) is 32.9 Å². The lowest BCUT2D eigenvalue weighted by Crippen LogP contribution is -2.39. The van der Waals surface area contributed by atoms with Crippen LogP contribution in [0.5, 0.6) is 5.75 Å². The number of rotatable bonds is 3. The van der Waals surface area contributed by atoms with Crippen molar-refractivity contribution in [2.45, 2.75) is 53.2 Å². The molecule has 0 saturated carbocycles. The van der Waals surface area contributed by atoms with Crippen molar-refractivity contribution in [2.24, 2.45) is 5.92 Å². The molecule has 2 rings (SSSR count). The molecule has 1 aromatic carbocycles. The zero-order valence-electron chi connectivity index (χ0n) is 14.8. The Balaban J connectivity index is 2.12. The molecule has 1 heterocycles. The summed E-state index contributed by atoms with van der Waals surface area (Å²) in [6, 6.07) is 3.93. The highest BCUT2D eigenvalue weighted by molar-refractivity contribution is 5.69. The van der Waals surface area contributed by atoms with Crippen molar-refractivity contribution < 1.29 is 14.3 Å². The van der Waals surface area contributed by atoms with Crippen molar-refractivity contribution in [1.29, 1.82) is 0 Å². The van der Waals surface area contributed by atoms with Crippen LogP contribution in [0.4, 0.5) is 10.5 Å². The second kappa shape index (κ2) is 6.69. The molecule has 5 heteroatoms. The van der Waals surface area contributed by atoms with Crippen LogP contribution in [0, 0.1) is 5.92 Å². The van der Waals surface area contributed by atoms with E-state index in [9.17, 15) is 4.79 Å². The maximum absolute atomic E-state index is 12.2. The van der Waals surface area contributed by atoms with Gasteiger partial charge in [0.05, 0.1) is 12.3 Å². The fourth-order valence-electron chi connectivity index (χ4n) is 2.47. The van der Waals surface area contributed by atoms with Crippen LogP contribution >= 0.6 is 0 Å². The zero-order chi connectivity index (χ0) is 17.2. The zero-order valence-corrected chi connectivity index (χ0v) is 14.8. The smallest absolute Gasteiger partial charge is 0.410 e. The molecule has 0 aliphatic carbocycles. The molecule has 0 atom stereocenters. The van der Waals surface area contributed by atoms with Gasteiger partial charge in [-0.05, 0) is 56.4 Å². The highest BCUT2D eigenvalue weighted by Crippen LogP contribution is 2.30. The van der Waals surface area contributed by atoms with Gasteiger partial charge < -0.3 is 20.1 Å². The first kappa shape index (κ1) is 17.4. The van der Waals surface area contributed by atoms with Crippen molar-refractivity contribution >= 4 is 11.8 Å². The number of nitrogens with two attached hydrogens (primary N) is 1. The SMILES string of the molecule is CC(C)COc1cc2c(cc1N)CCN(C(=O)OC(C)(C)C)C2. The largest absolute Gasteiger partial charge is 0.491 e. The molecule has 0 unspecified atom stereocenters. The number of amides is 1. The van der Waals surface area contributed by atoms with Gasteiger partial charge in [-0.25, -0.2) is 4.79 Å². The Hall–Kier alpha value is -1.91. The van der Waals surface area contributed by atoms with Crippen LogP contribution in [0.1, 0.15) is 45.7 Å². The summed E-state index contributed by atoms with van der Waals surface area (Å²) in [6.07, 6.45) is 0.507. The average molecular weight is 320 g/mol. The van der Waals surface area contributed by atoms with Crippen LogP contribution in [-0.4, -0.2) is 29.7 Å². The molecule has 5 nitrogen and oxygen atoms in total. The van der Waals surface area contributed by atoms with Crippen LogP contribution in [0.25, 0.3) is 0 Å². The summed E-state index contributed by atoms with van der Waals surface area (Å²) >= 11 is 0. The molecule has 23 heavy (non-hydrogen) atoms. The second-order valence-electron chi connectivity index (χ2n) is 7.52. The van der Waals surface area contributed by atoms with Crippen molar-refractivity contribution in [2.75, 3.05) is 18.9 Å². The maximum atomic E-state index is 12.2. The Morgan fingerprint density at radius 2 is 2.00 bits per heavy atom. The van der Waals surface area contributed by atoms with Gasteiger partial charge in [-0.3, -0.25) is 0 Å². The lowest BCUT2D eigenvalue weighted by Gasteiger charge is -2.31. The van der Waals surface area contributed by atoms with E-state index >= 15 is 0 Å². The topological polar surface area (TPSA) is 64.8 Å². The predicted octanol–water partition coefficient (Wildman–Crippen LogP) is 3.60. The second-order valence-corrected chi connectivity index (χ2v) is 7.52. The van der Waals surface area contributed by atoms with E-state index < -0.39 is 5.60 Å². The van der Waals surface area contributed by atoms with Crippen LogP contribution in [0.15, 0.2) is 12.1 Å².